The van der Waals surface area contributed by atoms with Gasteiger partial charge in [-0.1, -0.05) is 0 Å². The highest BCUT2D eigenvalue weighted by Gasteiger charge is 2.39. The maximum absolute atomic E-state index is 5.91. The minimum absolute atomic E-state index is 0.0966. The van der Waals surface area contributed by atoms with Crippen molar-refractivity contribution in [3.63, 3.8) is 0 Å². The van der Waals surface area contributed by atoms with Gasteiger partial charge in [-0.3, -0.25) is 4.57 Å². The molecule has 5 heteroatoms. The maximum atomic E-state index is 5.91. The van der Waals surface area contributed by atoms with Gasteiger partial charge in [0.1, 0.15) is 6.33 Å². The van der Waals surface area contributed by atoms with Crippen LogP contribution in [0.5, 0.6) is 0 Å². The highest BCUT2D eigenvalue weighted by molar-refractivity contribution is 6.28. The molecule has 0 spiro atoms. The van der Waals surface area contributed by atoms with Crippen LogP contribution in [0.25, 0.3) is 0 Å². The average molecular weight is 202 g/mol. The van der Waals surface area contributed by atoms with Crippen LogP contribution in [0.4, 0.5) is 0 Å². The number of aromatic nitrogens is 3. The van der Waals surface area contributed by atoms with Crippen molar-refractivity contribution in [2.75, 3.05) is 6.61 Å². The van der Waals surface area contributed by atoms with Gasteiger partial charge in [0.15, 0.2) is 0 Å². The van der Waals surface area contributed by atoms with Crippen LogP contribution in [0.2, 0.25) is 5.28 Å². The standard InChI is InChI=1S/C8H12ClN3O/c1-6-8(2,3-4-13-6)12-5-10-11-7(12)9/h5-6H,3-4H2,1-2H3. The lowest BCUT2D eigenvalue weighted by molar-refractivity contribution is 0.0759. The minimum Gasteiger partial charge on any atom is -0.376 e. The summed E-state index contributed by atoms with van der Waals surface area (Å²) in [4.78, 5) is 0. The molecule has 2 rings (SSSR count). The Hall–Kier alpha value is -0.610. The van der Waals surface area contributed by atoms with Crippen molar-refractivity contribution in [2.24, 2.45) is 0 Å². The van der Waals surface area contributed by atoms with Crippen molar-refractivity contribution in [2.45, 2.75) is 31.9 Å². The molecule has 13 heavy (non-hydrogen) atoms. The Morgan fingerprint density at radius 1 is 1.77 bits per heavy atom. The normalized spacial score (nSPS) is 33.9. The van der Waals surface area contributed by atoms with Gasteiger partial charge in [0.25, 0.3) is 0 Å². The number of hydrogen-bond donors (Lipinski definition) is 0. The first-order chi connectivity index (χ1) is 6.14. The van der Waals surface area contributed by atoms with Crippen molar-refractivity contribution in [1.29, 1.82) is 0 Å². The molecule has 1 aromatic rings. The van der Waals surface area contributed by atoms with Gasteiger partial charge < -0.3 is 4.74 Å². The van der Waals surface area contributed by atoms with E-state index in [9.17, 15) is 0 Å². The number of halogens is 1. The summed E-state index contributed by atoms with van der Waals surface area (Å²) in [6.45, 7) is 4.93. The molecule has 2 atom stereocenters. The fraction of sp³-hybridized carbons (Fsp3) is 0.750. The second kappa shape index (κ2) is 2.96. The highest BCUT2D eigenvalue weighted by Crippen LogP contribution is 2.34. The summed E-state index contributed by atoms with van der Waals surface area (Å²) in [6.07, 6.45) is 2.76. The van der Waals surface area contributed by atoms with E-state index in [0.29, 0.717) is 5.28 Å². The predicted octanol–water partition coefficient (Wildman–Crippen LogP) is 1.46. The van der Waals surface area contributed by atoms with Crippen molar-refractivity contribution in [3.05, 3.63) is 11.6 Å². The summed E-state index contributed by atoms with van der Waals surface area (Å²) in [6, 6.07) is 0. The fourth-order valence-corrected chi connectivity index (χ4v) is 1.99. The van der Waals surface area contributed by atoms with E-state index in [0.717, 1.165) is 13.0 Å². The first-order valence-corrected chi connectivity index (χ1v) is 4.70. The molecule has 0 saturated carbocycles. The molecule has 0 radical (unpaired) electrons. The topological polar surface area (TPSA) is 39.9 Å². The van der Waals surface area contributed by atoms with Gasteiger partial charge >= 0.3 is 0 Å². The Balaban J connectivity index is 2.39. The van der Waals surface area contributed by atoms with Gasteiger partial charge in [-0.2, -0.15) is 0 Å². The summed E-state index contributed by atoms with van der Waals surface area (Å²) < 4.78 is 7.39. The molecule has 0 aliphatic carbocycles. The SMILES string of the molecule is CC1OCCC1(C)n1cnnc1Cl. The van der Waals surface area contributed by atoms with Crippen molar-refractivity contribution in [3.8, 4) is 0 Å². The van der Waals surface area contributed by atoms with Crippen LogP contribution in [0.1, 0.15) is 20.3 Å². The summed E-state index contributed by atoms with van der Waals surface area (Å²) >= 11 is 5.91. The molecular weight excluding hydrogens is 190 g/mol. The Morgan fingerprint density at radius 3 is 3.00 bits per heavy atom. The molecule has 0 amide bonds. The Bertz CT molecular complexity index is 314. The van der Waals surface area contributed by atoms with Crippen LogP contribution in [-0.2, 0) is 10.3 Å². The van der Waals surface area contributed by atoms with Crippen LogP contribution in [-0.4, -0.2) is 27.5 Å². The zero-order valence-corrected chi connectivity index (χ0v) is 8.45. The lowest BCUT2D eigenvalue weighted by atomic mass is 9.95. The van der Waals surface area contributed by atoms with E-state index in [2.05, 4.69) is 17.1 Å². The van der Waals surface area contributed by atoms with E-state index in [1.54, 1.807) is 6.33 Å². The van der Waals surface area contributed by atoms with Gasteiger partial charge in [-0.05, 0) is 31.9 Å². The monoisotopic (exact) mass is 201 g/mol. The Morgan fingerprint density at radius 2 is 2.54 bits per heavy atom. The summed E-state index contributed by atoms with van der Waals surface area (Å²) in [5, 5.41) is 7.97. The molecule has 0 N–H and O–H groups in total. The number of nitrogens with zero attached hydrogens (tertiary/aromatic N) is 3. The van der Waals surface area contributed by atoms with E-state index >= 15 is 0 Å². The number of ether oxygens (including phenoxy) is 1. The first kappa shape index (κ1) is 8.97. The third-order valence-corrected chi connectivity index (χ3v) is 3.17. The zero-order chi connectivity index (χ0) is 9.47. The molecular formula is C8H12ClN3O. The number of rotatable bonds is 1. The zero-order valence-electron chi connectivity index (χ0n) is 7.70. The molecule has 4 nitrogen and oxygen atoms in total. The molecule has 2 heterocycles. The molecule has 72 valence electrons. The Kier molecular flexibility index (Phi) is 2.04. The maximum Gasteiger partial charge on any atom is 0.225 e. The molecule has 1 fully saturated rings. The van der Waals surface area contributed by atoms with E-state index < -0.39 is 0 Å². The summed E-state index contributed by atoms with van der Waals surface area (Å²) in [5.41, 5.74) is -0.0966. The molecule has 0 aromatic carbocycles. The van der Waals surface area contributed by atoms with Gasteiger partial charge in [0.05, 0.1) is 11.6 Å². The van der Waals surface area contributed by atoms with Crippen molar-refractivity contribution in [1.82, 2.24) is 14.8 Å². The minimum atomic E-state index is -0.0966. The third-order valence-electron chi connectivity index (χ3n) is 2.91. The van der Waals surface area contributed by atoms with E-state index in [4.69, 9.17) is 16.3 Å². The van der Waals surface area contributed by atoms with Crippen LogP contribution in [0, 0.1) is 0 Å². The van der Waals surface area contributed by atoms with Crippen LogP contribution >= 0.6 is 11.6 Å². The molecule has 2 unspecified atom stereocenters. The highest BCUT2D eigenvalue weighted by atomic mass is 35.5. The van der Waals surface area contributed by atoms with Crippen molar-refractivity contribution < 1.29 is 4.74 Å². The van der Waals surface area contributed by atoms with Crippen molar-refractivity contribution >= 4 is 11.6 Å². The van der Waals surface area contributed by atoms with Gasteiger partial charge in [-0.25, -0.2) is 0 Å². The van der Waals surface area contributed by atoms with Gasteiger partial charge in [0, 0.05) is 6.61 Å². The second-order valence-corrected chi connectivity index (χ2v) is 3.93. The third kappa shape index (κ3) is 1.25. The van der Waals surface area contributed by atoms with Gasteiger partial charge in [-0.15, -0.1) is 10.2 Å². The quantitative estimate of drug-likeness (QED) is 0.691. The molecule has 1 aliphatic rings. The Labute approximate surface area is 81.9 Å². The molecule has 1 aromatic heterocycles. The van der Waals surface area contributed by atoms with Crippen LogP contribution < -0.4 is 0 Å². The smallest absolute Gasteiger partial charge is 0.225 e. The molecule has 0 bridgehead atoms. The van der Waals surface area contributed by atoms with Crippen LogP contribution in [0.15, 0.2) is 6.33 Å². The van der Waals surface area contributed by atoms with E-state index in [1.807, 2.05) is 11.5 Å². The molecule has 1 aliphatic heterocycles. The van der Waals surface area contributed by atoms with E-state index in [1.165, 1.54) is 0 Å². The first-order valence-electron chi connectivity index (χ1n) is 4.32. The lowest BCUT2D eigenvalue weighted by Crippen LogP contribution is -2.36. The van der Waals surface area contributed by atoms with Gasteiger partial charge in [0.2, 0.25) is 5.28 Å². The van der Waals surface area contributed by atoms with E-state index in [-0.39, 0.29) is 11.6 Å². The average Bonchev–Trinajstić information content (AvgIpc) is 2.62. The fourth-order valence-electron chi connectivity index (χ4n) is 1.71. The molecule has 1 saturated heterocycles. The summed E-state index contributed by atoms with van der Waals surface area (Å²) in [5.74, 6) is 0. The predicted molar refractivity (Wildman–Crippen MR) is 48.7 cm³/mol. The van der Waals surface area contributed by atoms with Crippen LogP contribution in [0.3, 0.4) is 0 Å². The lowest BCUT2D eigenvalue weighted by Gasteiger charge is -2.28. The second-order valence-electron chi connectivity index (χ2n) is 3.59. The summed E-state index contributed by atoms with van der Waals surface area (Å²) in [7, 11) is 0. The number of hydrogen-bond acceptors (Lipinski definition) is 3. The largest absolute Gasteiger partial charge is 0.376 e.